The van der Waals surface area contributed by atoms with Gasteiger partial charge in [0.1, 0.15) is 0 Å². The van der Waals surface area contributed by atoms with Crippen LogP contribution in [0.5, 0.6) is 0 Å². The van der Waals surface area contributed by atoms with Crippen LogP contribution in [0.1, 0.15) is 42.7 Å². The van der Waals surface area contributed by atoms with Crippen molar-refractivity contribution in [2.45, 2.75) is 44.6 Å². The second-order valence-electron chi connectivity index (χ2n) is 8.00. The lowest BCUT2D eigenvalue weighted by Gasteiger charge is -2.35. The molecule has 1 heterocycles. The Labute approximate surface area is 165 Å². The molecule has 5 nitrogen and oxygen atoms in total. The van der Waals surface area contributed by atoms with Gasteiger partial charge in [-0.05, 0) is 74.9 Å². The molecule has 0 bridgehead atoms. The molecule has 1 aliphatic rings. The van der Waals surface area contributed by atoms with E-state index in [9.17, 15) is 4.79 Å². The summed E-state index contributed by atoms with van der Waals surface area (Å²) in [6.07, 6.45) is 4.78. The highest BCUT2D eigenvalue weighted by Gasteiger charge is 2.25. The van der Waals surface area contributed by atoms with Gasteiger partial charge in [-0.2, -0.15) is 0 Å². The Morgan fingerprint density at radius 3 is 2.71 bits per heavy atom. The van der Waals surface area contributed by atoms with Gasteiger partial charge in [-0.1, -0.05) is 24.3 Å². The Kier molecular flexibility index (Phi) is 5.53. The Hall–Kier alpha value is -2.53. The average Bonchev–Trinajstić information content (AvgIpc) is 3.08. The van der Waals surface area contributed by atoms with Crippen molar-refractivity contribution in [3.8, 4) is 0 Å². The van der Waals surface area contributed by atoms with Gasteiger partial charge in [0, 0.05) is 24.8 Å². The number of H-pyrrole nitrogens is 1. The van der Waals surface area contributed by atoms with Crippen LogP contribution in [0.4, 0.5) is 5.69 Å². The summed E-state index contributed by atoms with van der Waals surface area (Å²) >= 11 is 0. The summed E-state index contributed by atoms with van der Waals surface area (Å²) in [7, 11) is 2.24. The lowest BCUT2D eigenvalue weighted by Crippen LogP contribution is -2.37. The van der Waals surface area contributed by atoms with E-state index in [0.29, 0.717) is 17.5 Å². The van der Waals surface area contributed by atoms with Crippen LogP contribution in [-0.2, 0) is 0 Å². The quantitative estimate of drug-likeness (QED) is 0.662. The molecule has 0 spiro atoms. The van der Waals surface area contributed by atoms with E-state index in [1.165, 1.54) is 42.5 Å². The number of likely N-dealkylation sites (N-methyl/N-ethyl adjacent to an activating group) is 1. The molecule has 0 radical (unpaired) electrons. The predicted octanol–water partition coefficient (Wildman–Crippen LogP) is 4.50. The third kappa shape index (κ3) is 4.14. The highest BCUT2D eigenvalue weighted by molar-refractivity contribution is 5.72. The number of rotatable bonds is 6. The maximum Gasteiger partial charge on any atom is 0.417 e. The summed E-state index contributed by atoms with van der Waals surface area (Å²) in [4.78, 5) is 16.6. The summed E-state index contributed by atoms with van der Waals surface area (Å²) in [5.41, 5.74) is 5.26. The van der Waals surface area contributed by atoms with Crippen molar-refractivity contribution < 1.29 is 4.42 Å². The van der Waals surface area contributed by atoms with E-state index in [-0.39, 0.29) is 5.76 Å². The third-order valence-electron chi connectivity index (χ3n) is 6.16. The van der Waals surface area contributed by atoms with Crippen molar-refractivity contribution >= 4 is 16.8 Å². The minimum Gasteiger partial charge on any atom is -0.408 e. The van der Waals surface area contributed by atoms with Gasteiger partial charge in [0.15, 0.2) is 5.58 Å². The number of para-hydroxylation sites is 1. The number of fused-ring (bicyclic) bond motifs is 1. The first-order valence-corrected chi connectivity index (χ1v) is 10.2. The molecule has 2 aromatic carbocycles. The standard InChI is InChI=1S/C23H29N3O2/c1-16-5-3-4-6-20(16)24-13-14-26(2)19-10-7-17(8-11-19)18-9-12-21-22(15-18)28-23(27)25-21/h3-6,9,12,15,17,19,24H,7-8,10-11,13-14H2,1-2H3,(H,25,27). The SMILES string of the molecule is Cc1ccccc1NCCN(C)C1CCC(c2ccc3[nH]c(=O)oc3c2)CC1. The Morgan fingerprint density at radius 1 is 1.14 bits per heavy atom. The zero-order valence-electron chi connectivity index (χ0n) is 16.7. The van der Waals surface area contributed by atoms with E-state index in [4.69, 9.17) is 4.42 Å². The van der Waals surface area contributed by atoms with Crippen molar-refractivity contribution in [3.63, 3.8) is 0 Å². The molecule has 5 heteroatoms. The molecule has 28 heavy (non-hydrogen) atoms. The lowest BCUT2D eigenvalue weighted by molar-refractivity contribution is 0.188. The minimum atomic E-state index is -0.378. The second-order valence-corrected chi connectivity index (χ2v) is 8.00. The van der Waals surface area contributed by atoms with Crippen LogP contribution in [0.15, 0.2) is 51.7 Å². The number of aryl methyl sites for hydroxylation is 1. The maximum absolute atomic E-state index is 11.4. The fraction of sp³-hybridized carbons (Fsp3) is 0.435. The number of hydrogen-bond donors (Lipinski definition) is 2. The van der Waals surface area contributed by atoms with Crippen molar-refractivity contribution in [1.29, 1.82) is 0 Å². The van der Waals surface area contributed by atoms with Gasteiger partial charge in [-0.15, -0.1) is 0 Å². The molecule has 0 amide bonds. The van der Waals surface area contributed by atoms with Gasteiger partial charge in [0.25, 0.3) is 0 Å². The molecule has 0 saturated heterocycles. The van der Waals surface area contributed by atoms with E-state index in [1.807, 2.05) is 12.1 Å². The van der Waals surface area contributed by atoms with Crippen LogP contribution in [0.3, 0.4) is 0 Å². The number of hydrogen-bond acceptors (Lipinski definition) is 4. The van der Waals surface area contributed by atoms with Crippen LogP contribution in [0.2, 0.25) is 0 Å². The molecule has 1 saturated carbocycles. The Bertz CT molecular complexity index is 983. The first-order chi connectivity index (χ1) is 13.6. The normalized spacial score (nSPS) is 20.0. The lowest BCUT2D eigenvalue weighted by atomic mass is 9.81. The summed E-state index contributed by atoms with van der Waals surface area (Å²) in [5.74, 6) is 0.177. The third-order valence-corrected chi connectivity index (χ3v) is 6.16. The smallest absolute Gasteiger partial charge is 0.408 e. The molecule has 2 N–H and O–H groups in total. The topological polar surface area (TPSA) is 61.3 Å². The number of oxazole rings is 1. The average molecular weight is 380 g/mol. The number of nitrogens with one attached hydrogen (secondary N) is 2. The first kappa shape index (κ1) is 18.8. The molecule has 3 aromatic rings. The van der Waals surface area contributed by atoms with Crippen LogP contribution >= 0.6 is 0 Å². The van der Waals surface area contributed by atoms with E-state index in [1.54, 1.807) is 0 Å². The molecule has 0 aliphatic heterocycles. The molecule has 148 valence electrons. The van der Waals surface area contributed by atoms with Crippen molar-refractivity contribution in [2.24, 2.45) is 0 Å². The van der Waals surface area contributed by atoms with Crippen LogP contribution in [0, 0.1) is 6.92 Å². The van der Waals surface area contributed by atoms with Crippen molar-refractivity contribution in [2.75, 3.05) is 25.5 Å². The monoisotopic (exact) mass is 379 g/mol. The molecule has 1 aromatic heterocycles. The highest BCUT2D eigenvalue weighted by Crippen LogP contribution is 2.35. The van der Waals surface area contributed by atoms with Crippen LogP contribution < -0.4 is 11.1 Å². The van der Waals surface area contributed by atoms with E-state index < -0.39 is 0 Å². The fourth-order valence-electron chi connectivity index (χ4n) is 4.39. The largest absolute Gasteiger partial charge is 0.417 e. The number of aromatic amines is 1. The maximum atomic E-state index is 11.4. The van der Waals surface area contributed by atoms with E-state index in [2.05, 4.69) is 59.5 Å². The van der Waals surface area contributed by atoms with Crippen molar-refractivity contribution in [1.82, 2.24) is 9.88 Å². The predicted molar refractivity (Wildman–Crippen MR) is 114 cm³/mol. The molecular formula is C23H29N3O2. The van der Waals surface area contributed by atoms with Gasteiger partial charge >= 0.3 is 5.76 Å². The van der Waals surface area contributed by atoms with E-state index >= 15 is 0 Å². The molecule has 4 rings (SSSR count). The number of anilines is 1. The summed E-state index contributed by atoms with van der Waals surface area (Å²) in [5, 5.41) is 3.56. The van der Waals surface area contributed by atoms with Gasteiger partial charge in [0.05, 0.1) is 5.52 Å². The van der Waals surface area contributed by atoms with Gasteiger partial charge in [0.2, 0.25) is 0 Å². The highest BCUT2D eigenvalue weighted by atomic mass is 16.4. The molecule has 0 unspecified atom stereocenters. The summed E-state index contributed by atoms with van der Waals surface area (Å²) in [6, 6.07) is 15.2. The number of benzene rings is 2. The second kappa shape index (κ2) is 8.23. The number of nitrogens with zero attached hydrogens (tertiary/aromatic N) is 1. The molecule has 1 aliphatic carbocycles. The van der Waals surface area contributed by atoms with Gasteiger partial charge in [-0.3, -0.25) is 4.98 Å². The molecular weight excluding hydrogens is 350 g/mol. The summed E-state index contributed by atoms with van der Waals surface area (Å²) in [6.45, 7) is 4.15. The van der Waals surface area contributed by atoms with Crippen LogP contribution in [-0.4, -0.2) is 36.1 Å². The first-order valence-electron chi connectivity index (χ1n) is 10.2. The minimum absolute atomic E-state index is 0.378. The Morgan fingerprint density at radius 2 is 1.93 bits per heavy atom. The Balaban J connectivity index is 1.28. The number of aromatic nitrogens is 1. The molecule has 1 fully saturated rings. The van der Waals surface area contributed by atoms with Crippen LogP contribution in [0.25, 0.3) is 11.1 Å². The van der Waals surface area contributed by atoms with E-state index in [0.717, 1.165) is 18.6 Å². The zero-order chi connectivity index (χ0) is 19.5. The van der Waals surface area contributed by atoms with Gasteiger partial charge in [-0.25, -0.2) is 4.79 Å². The van der Waals surface area contributed by atoms with Gasteiger partial charge < -0.3 is 14.6 Å². The fourth-order valence-corrected chi connectivity index (χ4v) is 4.39. The van der Waals surface area contributed by atoms with Crippen molar-refractivity contribution in [3.05, 3.63) is 64.1 Å². The molecule has 0 atom stereocenters. The zero-order valence-corrected chi connectivity index (χ0v) is 16.7. The summed E-state index contributed by atoms with van der Waals surface area (Å²) < 4.78 is 5.22.